The van der Waals surface area contributed by atoms with Crippen molar-refractivity contribution in [1.29, 1.82) is 0 Å². The average molecular weight is 303 g/mol. The first-order chi connectivity index (χ1) is 10.3. The van der Waals surface area contributed by atoms with Crippen LogP contribution in [0.1, 0.15) is 50.4 Å². The molecule has 0 aliphatic carbocycles. The standard InChI is InChI=1S/C17H25N3O2/c1-17(2,3)20-15(21)12-7-9-13(10-8-12)19-16(22)14-6-4-5-11-18-14/h7-10,14,18H,4-6,11H2,1-3H3,(H,19,22)(H,20,21)/t14-/m1/s1. The molecule has 0 radical (unpaired) electrons. The molecule has 22 heavy (non-hydrogen) atoms. The van der Waals surface area contributed by atoms with Crippen LogP contribution in [0.5, 0.6) is 0 Å². The van der Waals surface area contributed by atoms with E-state index in [4.69, 9.17) is 0 Å². The Balaban J connectivity index is 1.94. The van der Waals surface area contributed by atoms with Crippen LogP contribution >= 0.6 is 0 Å². The summed E-state index contributed by atoms with van der Waals surface area (Å²) in [6.07, 6.45) is 3.08. The van der Waals surface area contributed by atoms with E-state index in [1.807, 2.05) is 20.8 Å². The highest BCUT2D eigenvalue weighted by atomic mass is 16.2. The summed E-state index contributed by atoms with van der Waals surface area (Å²) < 4.78 is 0. The predicted molar refractivity (Wildman–Crippen MR) is 87.9 cm³/mol. The molecule has 0 aromatic heterocycles. The van der Waals surface area contributed by atoms with E-state index >= 15 is 0 Å². The molecular formula is C17H25N3O2. The number of rotatable bonds is 3. The normalized spacial score (nSPS) is 18.6. The molecule has 1 aliphatic rings. The van der Waals surface area contributed by atoms with Gasteiger partial charge in [0.2, 0.25) is 5.91 Å². The largest absolute Gasteiger partial charge is 0.347 e. The van der Waals surface area contributed by atoms with Crippen LogP contribution in [0.4, 0.5) is 5.69 Å². The molecule has 5 heteroatoms. The van der Waals surface area contributed by atoms with Crippen molar-refractivity contribution in [3.8, 4) is 0 Å². The Labute approximate surface area is 131 Å². The zero-order chi connectivity index (χ0) is 16.2. The number of nitrogens with one attached hydrogen (secondary N) is 3. The summed E-state index contributed by atoms with van der Waals surface area (Å²) in [6.45, 7) is 6.72. The second kappa shape index (κ2) is 6.92. The lowest BCUT2D eigenvalue weighted by Crippen LogP contribution is -2.43. The van der Waals surface area contributed by atoms with Gasteiger partial charge in [-0.3, -0.25) is 9.59 Å². The minimum atomic E-state index is -0.267. The molecule has 2 amide bonds. The number of piperidine rings is 1. The van der Waals surface area contributed by atoms with Gasteiger partial charge in [0.15, 0.2) is 0 Å². The van der Waals surface area contributed by atoms with Gasteiger partial charge in [-0.05, 0) is 64.4 Å². The second-order valence-electron chi connectivity index (χ2n) is 6.77. The van der Waals surface area contributed by atoms with Crippen LogP contribution in [0.15, 0.2) is 24.3 Å². The van der Waals surface area contributed by atoms with Crippen LogP contribution in [-0.4, -0.2) is 29.9 Å². The fraction of sp³-hybridized carbons (Fsp3) is 0.529. The molecule has 1 aromatic rings. The number of hydrogen-bond donors (Lipinski definition) is 3. The molecule has 0 bridgehead atoms. The molecule has 0 spiro atoms. The summed E-state index contributed by atoms with van der Waals surface area (Å²) in [6, 6.07) is 6.87. The van der Waals surface area contributed by atoms with E-state index in [9.17, 15) is 9.59 Å². The van der Waals surface area contributed by atoms with Crippen LogP contribution in [0.2, 0.25) is 0 Å². The van der Waals surface area contributed by atoms with Crippen molar-refractivity contribution in [2.24, 2.45) is 0 Å². The van der Waals surface area contributed by atoms with E-state index < -0.39 is 0 Å². The van der Waals surface area contributed by atoms with Gasteiger partial charge in [-0.25, -0.2) is 0 Å². The summed E-state index contributed by atoms with van der Waals surface area (Å²) in [5.74, 6) is -0.120. The zero-order valence-corrected chi connectivity index (χ0v) is 13.5. The predicted octanol–water partition coefficient (Wildman–Crippen LogP) is 2.30. The maximum atomic E-state index is 12.1. The molecule has 0 saturated carbocycles. The Kier molecular flexibility index (Phi) is 5.19. The topological polar surface area (TPSA) is 70.2 Å². The van der Waals surface area contributed by atoms with E-state index in [2.05, 4.69) is 16.0 Å². The Hall–Kier alpha value is -1.88. The number of hydrogen-bond acceptors (Lipinski definition) is 3. The SMILES string of the molecule is CC(C)(C)NC(=O)c1ccc(NC(=O)[C@H]2CCCCN2)cc1. The minimum absolute atomic E-state index is 0.00778. The van der Waals surface area contributed by atoms with Crippen LogP contribution in [0.3, 0.4) is 0 Å². The Morgan fingerprint density at radius 2 is 1.82 bits per heavy atom. The molecule has 1 aliphatic heterocycles. The van der Waals surface area contributed by atoms with E-state index in [0.717, 1.165) is 25.8 Å². The van der Waals surface area contributed by atoms with Gasteiger partial charge in [0, 0.05) is 16.8 Å². The van der Waals surface area contributed by atoms with Crippen molar-refractivity contribution >= 4 is 17.5 Å². The summed E-state index contributed by atoms with van der Waals surface area (Å²) in [5.41, 5.74) is 1.03. The van der Waals surface area contributed by atoms with Gasteiger partial charge in [-0.1, -0.05) is 6.42 Å². The number of anilines is 1. The fourth-order valence-corrected chi connectivity index (χ4v) is 2.42. The fourth-order valence-electron chi connectivity index (χ4n) is 2.42. The third-order valence-corrected chi connectivity index (χ3v) is 3.53. The molecule has 0 unspecified atom stereocenters. The second-order valence-corrected chi connectivity index (χ2v) is 6.77. The first-order valence-corrected chi connectivity index (χ1v) is 7.82. The lowest BCUT2D eigenvalue weighted by atomic mass is 10.0. The van der Waals surface area contributed by atoms with Crippen LogP contribution in [0.25, 0.3) is 0 Å². The highest BCUT2D eigenvalue weighted by molar-refractivity contribution is 5.97. The molecule has 3 N–H and O–H groups in total. The highest BCUT2D eigenvalue weighted by Gasteiger charge is 2.20. The third kappa shape index (κ3) is 4.84. The van der Waals surface area contributed by atoms with Crippen molar-refractivity contribution < 1.29 is 9.59 Å². The van der Waals surface area contributed by atoms with Crippen LogP contribution in [0, 0.1) is 0 Å². The van der Waals surface area contributed by atoms with Gasteiger partial charge < -0.3 is 16.0 Å². The van der Waals surface area contributed by atoms with E-state index in [1.165, 1.54) is 0 Å². The Morgan fingerprint density at radius 1 is 1.14 bits per heavy atom. The zero-order valence-electron chi connectivity index (χ0n) is 13.5. The number of amides is 2. The van der Waals surface area contributed by atoms with Crippen molar-refractivity contribution in [2.45, 2.75) is 51.6 Å². The first kappa shape index (κ1) is 16.5. The molecule has 2 rings (SSSR count). The number of benzene rings is 1. The van der Waals surface area contributed by atoms with Gasteiger partial charge in [0.1, 0.15) is 0 Å². The highest BCUT2D eigenvalue weighted by Crippen LogP contribution is 2.13. The molecule has 1 fully saturated rings. The molecule has 1 heterocycles. The molecule has 1 atom stereocenters. The quantitative estimate of drug-likeness (QED) is 0.802. The van der Waals surface area contributed by atoms with Crippen molar-refractivity contribution in [1.82, 2.24) is 10.6 Å². The third-order valence-electron chi connectivity index (χ3n) is 3.53. The molecular weight excluding hydrogens is 278 g/mol. The van der Waals surface area contributed by atoms with Gasteiger partial charge in [0.25, 0.3) is 5.91 Å². The molecule has 1 aromatic carbocycles. The number of carbonyl (C=O) groups excluding carboxylic acids is 2. The molecule has 120 valence electrons. The maximum absolute atomic E-state index is 12.1. The monoisotopic (exact) mass is 303 g/mol. The van der Waals surface area contributed by atoms with Gasteiger partial charge in [0.05, 0.1) is 6.04 Å². The minimum Gasteiger partial charge on any atom is -0.347 e. The average Bonchev–Trinajstić information content (AvgIpc) is 2.47. The van der Waals surface area contributed by atoms with Crippen molar-refractivity contribution in [3.05, 3.63) is 29.8 Å². The van der Waals surface area contributed by atoms with E-state index in [0.29, 0.717) is 11.3 Å². The van der Waals surface area contributed by atoms with Gasteiger partial charge >= 0.3 is 0 Å². The first-order valence-electron chi connectivity index (χ1n) is 7.82. The van der Waals surface area contributed by atoms with Crippen molar-refractivity contribution in [3.63, 3.8) is 0 Å². The summed E-state index contributed by atoms with van der Waals surface area (Å²) in [5, 5.41) is 9.02. The lowest BCUT2D eigenvalue weighted by Gasteiger charge is -2.22. The van der Waals surface area contributed by atoms with Crippen LogP contribution in [-0.2, 0) is 4.79 Å². The smallest absolute Gasteiger partial charge is 0.251 e. The Morgan fingerprint density at radius 3 is 2.36 bits per heavy atom. The number of carbonyl (C=O) groups is 2. The Bertz CT molecular complexity index is 526. The summed E-state index contributed by atoms with van der Waals surface area (Å²) >= 11 is 0. The van der Waals surface area contributed by atoms with Crippen LogP contribution < -0.4 is 16.0 Å². The molecule has 5 nitrogen and oxygen atoms in total. The maximum Gasteiger partial charge on any atom is 0.251 e. The van der Waals surface area contributed by atoms with E-state index in [1.54, 1.807) is 24.3 Å². The van der Waals surface area contributed by atoms with Gasteiger partial charge in [-0.15, -0.1) is 0 Å². The molecule has 1 saturated heterocycles. The van der Waals surface area contributed by atoms with E-state index in [-0.39, 0.29) is 23.4 Å². The van der Waals surface area contributed by atoms with Gasteiger partial charge in [-0.2, -0.15) is 0 Å². The lowest BCUT2D eigenvalue weighted by molar-refractivity contribution is -0.118. The summed E-state index contributed by atoms with van der Waals surface area (Å²) in [7, 11) is 0. The summed E-state index contributed by atoms with van der Waals surface area (Å²) in [4.78, 5) is 24.2. The van der Waals surface area contributed by atoms with Crippen molar-refractivity contribution in [2.75, 3.05) is 11.9 Å².